The zero-order chi connectivity index (χ0) is 12.1. The Morgan fingerprint density at radius 1 is 1.29 bits per heavy atom. The van der Waals surface area contributed by atoms with Gasteiger partial charge in [0.1, 0.15) is 5.58 Å². The minimum absolute atomic E-state index is 0.130. The average molecular weight is 343 g/mol. The van der Waals surface area contributed by atoms with Gasteiger partial charge in [-0.05, 0) is 29.4 Å². The van der Waals surface area contributed by atoms with E-state index >= 15 is 0 Å². The van der Waals surface area contributed by atoms with Gasteiger partial charge in [-0.3, -0.25) is 4.79 Å². The second-order valence-electron chi connectivity index (χ2n) is 3.80. The molecule has 0 fully saturated rings. The van der Waals surface area contributed by atoms with Gasteiger partial charge in [0.15, 0.2) is 5.76 Å². The van der Waals surface area contributed by atoms with E-state index in [9.17, 15) is 4.79 Å². The van der Waals surface area contributed by atoms with Crippen molar-refractivity contribution in [2.75, 3.05) is 11.0 Å². The molecule has 0 spiro atoms. The number of amides is 1. The summed E-state index contributed by atoms with van der Waals surface area (Å²) < 4.78 is 6.60. The molecule has 0 radical (unpaired) electrons. The first-order chi connectivity index (χ1) is 8.31. The van der Waals surface area contributed by atoms with Crippen LogP contribution in [0.2, 0.25) is 0 Å². The van der Waals surface area contributed by atoms with Crippen LogP contribution in [0.3, 0.4) is 0 Å². The molecule has 4 heteroatoms. The number of fused-ring (bicyclic) bond motifs is 1. The highest BCUT2D eigenvalue weighted by molar-refractivity contribution is 14.1. The lowest BCUT2D eigenvalue weighted by molar-refractivity contribution is 0.0927. The number of carbonyl (C=O) groups excluding carboxylic acids is 1. The van der Waals surface area contributed by atoms with Crippen LogP contribution in [0.1, 0.15) is 23.4 Å². The van der Waals surface area contributed by atoms with Crippen LogP contribution in [0.15, 0.2) is 34.7 Å². The number of benzene rings is 1. The smallest absolute Gasteiger partial charge is 0.287 e. The van der Waals surface area contributed by atoms with Gasteiger partial charge in [-0.1, -0.05) is 40.8 Å². The van der Waals surface area contributed by atoms with Crippen LogP contribution in [0.25, 0.3) is 11.0 Å². The zero-order valence-electron chi connectivity index (χ0n) is 9.41. The number of hydrogen-bond donors (Lipinski definition) is 1. The van der Waals surface area contributed by atoms with E-state index in [0.717, 1.165) is 28.2 Å². The first-order valence-corrected chi connectivity index (χ1v) is 7.16. The van der Waals surface area contributed by atoms with Crippen LogP contribution >= 0.6 is 22.6 Å². The Labute approximate surface area is 114 Å². The molecular weight excluding hydrogens is 329 g/mol. The molecule has 0 aliphatic heterocycles. The minimum Gasteiger partial charge on any atom is -0.451 e. The number of para-hydroxylation sites is 1. The third-order valence-electron chi connectivity index (χ3n) is 2.50. The Balaban J connectivity index is 1.99. The van der Waals surface area contributed by atoms with Crippen LogP contribution < -0.4 is 5.32 Å². The fourth-order valence-corrected chi connectivity index (χ4v) is 2.14. The molecule has 0 saturated carbocycles. The van der Waals surface area contributed by atoms with Crippen molar-refractivity contribution in [1.29, 1.82) is 0 Å². The van der Waals surface area contributed by atoms with E-state index in [0.29, 0.717) is 12.3 Å². The zero-order valence-corrected chi connectivity index (χ0v) is 11.6. The number of nitrogens with one attached hydrogen (secondary N) is 1. The van der Waals surface area contributed by atoms with Gasteiger partial charge in [0.25, 0.3) is 5.91 Å². The van der Waals surface area contributed by atoms with Crippen molar-refractivity contribution in [1.82, 2.24) is 5.32 Å². The maximum atomic E-state index is 11.8. The highest BCUT2D eigenvalue weighted by atomic mass is 127. The number of rotatable bonds is 5. The highest BCUT2D eigenvalue weighted by Crippen LogP contribution is 2.18. The van der Waals surface area contributed by atoms with Crippen LogP contribution in [-0.4, -0.2) is 16.9 Å². The summed E-state index contributed by atoms with van der Waals surface area (Å²) in [4.78, 5) is 11.8. The van der Waals surface area contributed by atoms with Crippen molar-refractivity contribution in [3.63, 3.8) is 0 Å². The Morgan fingerprint density at radius 2 is 2.12 bits per heavy atom. The summed E-state index contributed by atoms with van der Waals surface area (Å²) in [5.74, 6) is 0.260. The lowest BCUT2D eigenvalue weighted by Gasteiger charge is -2.00. The predicted molar refractivity (Wildman–Crippen MR) is 76.7 cm³/mol. The Morgan fingerprint density at radius 3 is 2.88 bits per heavy atom. The molecule has 1 aromatic heterocycles. The summed E-state index contributed by atoms with van der Waals surface area (Å²) in [6, 6.07) is 9.41. The van der Waals surface area contributed by atoms with E-state index in [2.05, 4.69) is 27.9 Å². The number of carbonyl (C=O) groups is 1. The second-order valence-corrected chi connectivity index (χ2v) is 4.88. The van der Waals surface area contributed by atoms with E-state index in [1.807, 2.05) is 24.3 Å². The van der Waals surface area contributed by atoms with E-state index in [-0.39, 0.29) is 5.91 Å². The fraction of sp³-hybridized carbons (Fsp3) is 0.308. The first-order valence-electron chi connectivity index (χ1n) is 5.64. The molecule has 0 saturated heterocycles. The molecule has 1 aromatic carbocycles. The number of unbranched alkanes of at least 4 members (excludes halogenated alkanes) is 1. The van der Waals surface area contributed by atoms with Gasteiger partial charge in [-0.15, -0.1) is 0 Å². The normalized spacial score (nSPS) is 10.6. The molecule has 1 amide bonds. The van der Waals surface area contributed by atoms with E-state index in [1.165, 1.54) is 0 Å². The van der Waals surface area contributed by atoms with Gasteiger partial charge in [-0.25, -0.2) is 0 Å². The van der Waals surface area contributed by atoms with E-state index < -0.39 is 0 Å². The Bertz CT molecular complexity index is 474. The third kappa shape index (κ3) is 3.21. The monoisotopic (exact) mass is 343 g/mol. The number of furan rings is 1. The first kappa shape index (κ1) is 12.4. The summed E-state index contributed by atoms with van der Waals surface area (Å²) >= 11 is 2.33. The summed E-state index contributed by atoms with van der Waals surface area (Å²) in [5.41, 5.74) is 0.755. The average Bonchev–Trinajstić information content (AvgIpc) is 2.78. The Hall–Kier alpha value is -1.04. The summed E-state index contributed by atoms with van der Waals surface area (Å²) in [5, 5.41) is 3.82. The summed E-state index contributed by atoms with van der Waals surface area (Å²) in [7, 11) is 0. The molecule has 0 aliphatic rings. The Kier molecular flexibility index (Phi) is 4.42. The largest absolute Gasteiger partial charge is 0.451 e. The van der Waals surface area contributed by atoms with Crippen molar-refractivity contribution >= 4 is 39.5 Å². The van der Waals surface area contributed by atoms with Crippen LogP contribution in [0.4, 0.5) is 0 Å². The molecule has 3 nitrogen and oxygen atoms in total. The van der Waals surface area contributed by atoms with E-state index in [4.69, 9.17) is 4.42 Å². The van der Waals surface area contributed by atoms with Gasteiger partial charge >= 0.3 is 0 Å². The van der Waals surface area contributed by atoms with Crippen molar-refractivity contribution in [2.45, 2.75) is 12.8 Å². The summed E-state index contributed by atoms with van der Waals surface area (Å²) in [6.45, 7) is 0.707. The quantitative estimate of drug-likeness (QED) is 0.514. The molecular formula is C13H14INO2. The minimum atomic E-state index is -0.130. The maximum absolute atomic E-state index is 11.8. The standard InChI is InChI=1S/C13H14INO2/c14-7-3-4-8-15-13(16)12-9-10-5-1-2-6-11(10)17-12/h1-2,5-6,9H,3-4,7-8H2,(H,15,16). The molecule has 0 unspecified atom stereocenters. The molecule has 2 rings (SSSR count). The van der Waals surface area contributed by atoms with Gasteiger partial charge < -0.3 is 9.73 Å². The molecule has 2 aromatic rings. The molecule has 1 N–H and O–H groups in total. The highest BCUT2D eigenvalue weighted by Gasteiger charge is 2.10. The van der Waals surface area contributed by atoms with Crippen LogP contribution in [-0.2, 0) is 0 Å². The van der Waals surface area contributed by atoms with E-state index in [1.54, 1.807) is 6.07 Å². The molecule has 90 valence electrons. The molecule has 0 atom stereocenters. The fourth-order valence-electron chi connectivity index (χ4n) is 1.60. The topological polar surface area (TPSA) is 42.2 Å². The lowest BCUT2D eigenvalue weighted by Crippen LogP contribution is -2.23. The predicted octanol–water partition coefficient (Wildman–Crippen LogP) is 3.38. The lowest BCUT2D eigenvalue weighted by atomic mass is 10.2. The van der Waals surface area contributed by atoms with Crippen molar-refractivity contribution in [3.8, 4) is 0 Å². The third-order valence-corrected chi connectivity index (χ3v) is 3.26. The van der Waals surface area contributed by atoms with Crippen molar-refractivity contribution in [2.24, 2.45) is 0 Å². The SMILES string of the molecule is O=C(NCCCCI)c1cc2ccccc2o1. The summed E-state index contributed by atoms with van der Waals surface area (Å²) in [6.07, 6.45) is 2.13. The number of hydrogen-bond acceptors (Lipinski definition) is 2. The van der Waals surface area contributed by atoms with Gasteiger partial charge in [-0.2, -0.15) is 0 Å². The van der Waals surface area contributed by atoms with Gasteiger partial charge in [0.05, 0.1) is 0 Å². The molecule has 0 aliphatic carbocycles. The van der Waals surface area contributed by atoms with Crippen molar-refractivity contribution < 1.29 is 9.21 Å². The van der Waals surface area contributed by atoms with Gasteiger partial charge in [0.2, 0.25) is 0 Å². The molecule has 17 heavy (non-hydrogen) atoms. The van der Waals surface area contributed by atoms with Gasteiger partial charge in [0, 0.05) is 11.9 Å². The number of alkyl halides is 1. The van der Waals surface area contributed by atoms with Crippen LogP contribution in [0.5, 0.6) is 0 Å². The second kappa shape index (κ2) is 6.05. The molecule has 0 bridgehead atoms. The maximum Gasteiger partial charge on any atom is 0.287 e. The van der Waals surface area contributed by atoms with Crippen molar-refractivity contribution in [3.05, 3.63) is 36.1 Å². The molecule has 1 heterocycles. The number of halogens is 1. The van der Waals surface area contributed by atoms with Crippen LogP contribution in [0, 0.1) is 0 Å².